The van der Waals surface area contributed by atoms with Crippen molar-refractivity contribution in [3.05, 3.63) is 66.2 Å². The van der Waals surface area contributed by atoms with Crippen LogP contribution in [-0.4, -0.2) is 20.7 Å². The van der Waals surface area contributed by atoms with Gasteiger partial charge in [0.2, 0.25) is 0 Å². The van der Waals surface area contributed by atoms with Crippen LogP contribution in [0.2, 0.25) is 0 Å². The Morgan fingerprint density at radius 2 is 1.45 bits per heavy atom. The molecular weight excluding hydrogens is 246 g/mol. The molecule has 0 saturated carbocycles. The Morgan fingerprint density at radius 3 is 1.90 bits per heavy atom. The summed E-state index contributed by atoms with van der Waals surface area (Å²) in [5, 5.41) is 0. The summed E-state index contributed by atoms with van der Waals surface area (Å²) >= 11 is 0. The SMILES string of the molecule is C=C(c1ccc(OCC)cc1)c1ccc(N(C)C)cc1. The average molecular weight is 267 g/mol. The summed E-state index contributed by atoms with van der Waals surface area (Å²) < 4.78 is 5.45. The summed E-state index contributed by atoms with van der Waals surface area (Å²) in [4.78, 5) is 2.09. The minimum Gasteiger partial charge on any atom is -0.494 e. The van der Waals surface area contributed by atoms with Gasteiger partial charge in [0.25, 0.3) is 0 Å². The normalized spacial score (nSPS) is 10.2. The van der Waals surface area contributed by atoms with Crippen molar-refractivity contribution in [2.75, 3.05) is 25.6 Å². The van der Waals surface area contributed by atoms with E-state index >= 15 is 0 Å². The molecule has 2 aromatic rings. The smallest absolute Gasteiger partial charge is 0.119 e. The molecule has 0 aliphatic rings. The molecule has 0 heterocycles. The third-order valence-corrected chi connectivity index (χ3v) is 3.25. The van der Waals surface area contributed by atoms with Gasteiger partial charge in [0, 0.05) is 19.8 Å². The van der Waals surface area contributed by atoms with Crippen molar-refractivity contribution in [3.8, 4) is 5.75 Å². The molecule has 0 fully saturated rings. The molecule has 2 heteroatoms. The molecule has 0 bridgehead atoms. The van der Waals surface area contributed by atoms with E-state index in [0.29, 0.717) is 6.61 Å². The van der Waals surface area contributed by atoms with Gasteiger partial charge >= 0.3 is 0 Å². The molecule has 104 valence electrons. The standard InChI is InChI=1S/C18H21NO/c1-5-20-18-12-8-16(9-13-18)14(2)15-6-10-17(11-7-15)19(3)4/h6-13H,2,5H2,1,3-4H3. The first-order valence-electron chi connectivity index (χ1n) is 6.81. The van der Waals surface area contributed by atoms with E-state index in [0.717, 1.165) is 22.4 Å². The monoisotopic (exact) mass is 267 g/mol. The number of hydrogen-bond acceptors (Lipinski definition) is 2. The van der Waals surface area contributed by atoms with E-state index in [1.807, 2.05) is 45.3 Å². The van der Waals surface area contributed by atoms with Gasteiger partial charge in [-0.25, -0.2) is 0 Å². The molecule has 0 radical (unpaired) electrons. The molecule has 0 saturated heterocycles. The van der Waals surface area contributed by atoms with Gasteiger partial charge in [-0.15, -0.1) is 0 Å². The van der Waals surface area contributed by atoms with Gasteiger partial charge in [0.05, 0.1) is 6.61 Å². The van der Waals surface area contributed by atoms with Crippen LogP contribution in [0.3, 0.4) is 0 Å². The highest BCUT2D eigenvalue weighted by molar-refractivity contribution is 5.78. The van der Waals surface area contributed by atoms with Crippen molar-refractivity contribution in [3.63, 3.8) is 0 Å². The molecule has 0 atom stereocenters. The molecule has 0 spiro atoms. The lowest BCUT2D eigenvalue weighted by atomic mass is 9.99. The number of rotatable bonds is 5. The maximum atomic E-state index is 5.45. The van der Waals surface area contributed by atoms with Crippen LogP contribution in [0.25, 0.3) is 5.57 Å². The van der Waals surface area contributed by atoms with Gasteiger partial charge in [-0.2, -0.15) is 0 Å². The molecule has 2 rings (SSSR count). The minimum atomic E-state index is 0.687. The molecule has 0 aliphatic heterocycles. The fourth-order valence-corrected chi connectivity index (χ4v) is 2.05. The Bertz CT molecular complexity index is 567. The Labute approximate surface area is 121 Å². The lowest BCUT2D eigenvalue weighted by Crippen LogP contribution is -2.08. The molecule has 2 nitrogen and oxygen atoms in total. The van der Waals surface area contributed by atoms with Gasteiger partial charge < -0.3 is 9.64 Å². The predicted octanol–water partition coefficient (Wildman–Crippen LogP) is 4.21. The van der Waals surface area contributed by atoms with Crippen LogP contribution in [0.15, 0.2) is 55.1 Å². The first kappa shape index (κ1) is 14.2. The molecule has 2 aromatic carbocycles. The second-order valence-electron chi connectivity index (χ2n) is 4.88. The van der Waals surface area contributed by atoms with Crippen LogP contribution in [-0.2, 0) is 0 Å². The first-order chi connectivity index (χ1) is 9.61. The summed E-state index contributed by atoms with van der Waals surface area (Å²) in [5.41, 5.74) is 4.47. The zero-order valence-corrected chi connectivity index (χ0v) is 12.4. The van der Waals surface area contributed by atoms with Gasteiger partial charge in [0.15, 0.2) is 0 Å². The fraction of sp³-hybridized carbons (Fsp3) is 0.222. The average Bonchev–Trinajstić information content (AvgIpc) is 2.48. The molecule has 0 aromatic heterocycles. The maximum absolute atomic E-state index is 5.45. The highest BCUT2D eigenvalue weighted by Crippen LogP contribution is 2.25. The fourth-order valence-electron chi connectivity index (χ4n) is 2.05. The lowest BCUT2D eigenvalue weighted by molar-refractivity contribution is 0.340. The van der Waals surface area contributed by atoms with E-state index in [4.69, 9.17) is 4.74 Å². The van der Waals surface area contributed by atoms with Gasteiger partial charge in [-0.1, -0.05) is 30.8 Å². The van der Waals surface area contributed by atoms with Crippen molar-refractivity contribution in [2.24, 2.45) is 0 Å². The van der Waals surface area contributed by atoms with Gasteiger partial charge in [-0.3, -0.25) is 0 Å². The molecule has 0 N–H and O–H groups in total. The zero-order chi connectivity index (χ0) is 14.5. The van der Waals surface area contributed by atoms with Crippen molar-refractivity contribution >= 4 is 11.3 Å². The van der Waals surface area contributed by atoms with Crippen molar-refractivity contribution < 1.29 is 4.74 Å². The minimum absolute atomic E-state index is 0.687. The zero-order valence-electron chi connectivity index (χ0n) is 12.4. The van der Waals surface area contributed by atoms with E-state index in [1.165, 1.54) is 5.69 Å². The van der Waals surface area contributed by atoms with Crippen molar-refractivity contribution in [1.29, 1.82) is 0 Å². The molecular formula is C18H21NO. The molecule has 20 heavy (non-hydrogen) atoms. The van der Waals surface area contributed by atoms with Crippen LogP contribution in [0.4, 0.5) is 5.69 Å². The number of nitrogens with zero attached hydrogens (tertiary/aromatic N) is 1. The summed E-state index contributed by atoms with van der Waals surface area (Å²) in [7, 11) is 4.08. The second-order valence-corrected chi connectivity index (χ2v) is 4.88. The second kappa shape index (κ2) is 6.29. The van der Waals surface area contributed by atoms with Crippen molar-refractivity contribution in [1.82, 2.24) is 0 Å². The number of benzene rings is 2. The summed E-state index contributed by atoms with van der Waals surface area (Å²) in [5.74, 6) is 0.895. The Balaban J connectivity index is 2.17. The molecule has 0 aliphatic carbocycles. The Morgan fingerprint density at radius 1 is 0.950 bits per heavy atom. The van der Waals surface area contributed by atoms with Gasteiger partial charge in [-0.05, 0) is 47.9 Å². The summed E-state index contributed by atoms with van der Waals surface area (Å²) in [6, 6.07) is 16.5. The largest absolute Gasteiger partial charge is 0.494 e. The van der Waals surface area contributed by atoms with Crippen LogP contribution in [0, 0.1) is 0 Å². The van der Waals surface area contributed by atoms with Crippen LogP contribution in [0.5, 0.6) is 5.75 Å². The predicted molar refractivity (Wildman–Crippen MR) is 86.5 cm³/mol. The summed E-state index contributed by atoms with van der Waals surface area (Å²) in [6.45, 7) is 6.86. The highest BCUT2D eigenvalue weighted by Gasteiger charge is 2.03. The number of ether oxygens (including phenoxy) is 1. The number of anilines is 1. The Hall–Kier alpha value is -2.22. The van der Waals surface area contributed by atoms with Crippen LogP contribution < -0.4 is 9.64 Å². The topological polar surface area (TPSA) is 12.5 Å². The van der Waals surface area contributed by atoms with E-state index in [9.17, 15) is 0 Å². The highest BCUT2D eigenvalue weighted by atomic mass is 16.5. The van der Waals surface area contributed by atoms with Crippen LogP contribution in [0.1, 0.15) is 18.1 Å². The Kier molecular flexibility index (Phi) is 4.46. The van der Waals surface area contributed by atoms with E-state index < -0.39 is 0 Å². The lowest BCUT2D eigenvalue weighted by Gasteiger charge is -2.13. The quantitative estimate of drug-likeness (QED) is 0.804. The van der Waals surface area contributed by atoms with E-state index in [-0.39, 0.29) is 0 Å². The third-order valence-electron chi connectivity index (χ3n) is 3.25. The van der Waals surface area contributed by atoms with E-state index in [2.05, 4.69) is 35.7 Å². The summed E-state index contributed by atoms with van der Waals surface area (Å²) in [6.07, 6.45) is 0. The maximum Gasteiger partial charge on any atom is 0.119 e. The van der Waals surface area contributed by atoms with Crippen LogP contribution >= 0.6 is 0 Å². The number of hydrogen-bond donors (Lipinski definition) is 0. The molecule has 0 unspecified atom stereocenters. The molecule has 0 amide bonds. The van der Waals surface area contributed by atoms with Crippen molar-refractivity contribution in [2.45, 2.75) is 6.92 Å². The third kappa shape index (κ3) is 3.21. The van der Waals surface area contributed by atoms with E-state index in [1.54, 1.807) is 0 Å². The first-order valence-corrected chi connectivity index (χ1v) is 6.81. The van der Waals surface area contributed by atoms with Gasteiger partial charge in [0.1, 0.15) is 5.75 Å².